The van der Waals surface area contributed by atoms with Gasteiger partial charge in [-0.15, -0.1) is 0 Å². The van der Waals surface area contributed by atoms with Crippen LogP contribution in [0.25, 0.3) is 0 Å². The fourth-order valence-electron chi connectivity index (χ4n) is 3.26. The van der Waals surface area contributed by atoms with Crippen molar-refractivity contribution in [2.45, 2.75) is 65.5 Å². The maximum Gasteiger partial charge on any atom is 0.0221 e. The van der Waals surface area contributed by atoms with E-state index in [9.17, 15) is 0 Å². The molecule has 2 aliphatic rings. The summed E-state index contributed by atoms with van der Waals surface area (Å²) in [6.45, 7) is 13.3. The Balaban J connectivity index is 1.90. The zero-order chi connectivity index (χ0) is 12.5. The van der Waals surface area contributed by atoms with Crippen LogP contribution in [0.15, 0.2) is 0 Å². The molecule has 1 saturated heterocycles. The van der Waals surface area contributed by atoms with Crippen LogP contribution in [0.2, 0.25) is 0 Å². The summed E-state index contributed by atoms with van der Waals surface area (Å²) in [6.07, 6.45) is 5.62. The molecule has 17 heavy (non-hydrogen) atoms. The van der Waals surface area contributed by atoms with E-state index in [1.54, 1.807) is 0 Å². The largest absolute Gasteiger partial charge is 0.311 e. The molecule has 0 spiro atoms. The quantitative estimate of drug-likeness (QED) is 0.810. The number of piperazine rings is 1. The lowest BCUT2D eigenvalue weighted by atomic mass is 9.70. The van der Waals surface area contributed by atoms with Crippen LogP contribution in [0.1, 0.15) is 53.4 Å². The zero-order valence-corrected chi connectivity index (χ0v) is 12.1. The van der Waals surface area contributed by atoms with E-state index in [-0.39, 0.29) is 0 Å². The lowest BCUT2D eigenvalue weighted by molar-refractivity contribution is 0.0338. The van der Waals surface area contributed by atoms with Crippen molar-refractivity contribution in [3.63, 3.8) is 0 Å². The summed E-state index contributed by atoms with van der Waals surface area (Å²) < 4.78 is 0. The predicted octanol–water partition coefficient (Wildman–Crippen LogP) is 2.89. The van der Waals surface area contributed by atoms with Crippen molar-refractivity contribution in [2.75, 3.05) is 19.6 Å². The molecule has 1 heterocycles. The van der Waals surface area contributed by atoms with Crippen molar-refractivity contribution in [1.82, 2.24) is 10.2 Å². The van der Waals surface area contributed by atoms with Gasteiger partial charge in [-0.25, -0.2) is 0 Å². The molecular formula is C15H30N2. The second-order valence-electron chi connectivity index (χ2n) is 6.84. The molecule has 2 rings (SSSR count). The van der Waals surface area contributed by atoms with E-state index in [4.69, 9.17) is 0 Å². The third kappa shape index (κ3) is 3.03. The van der Waals surface area contributed by atoms with Gasteiger partial charge in [0.15, 0.2) is 0 Å². The molecule has 0 radical (unpaired) electrons. The topological polar surface area (TPSA) is 15.3 Å². The van der Waals surface area contributed by atoms with Crippen molar-refractivity contribution in [3.8, 4) is 0 Å². The molecule has 2 heteroatoms. The third-order valence-corrected chi connectivity index (χ3v) is 5.21. The highest BCUT2D eigenvalue weighted by Crippen LogP contribution is 2.41. The standard InChI is InChI=1S/C15H30N2/c1-5-12(2)14-10-17(13(3)9-16-14)11-15(4)7-6-8-15/h12-14,16H,5-11H2,1-4H3. The molecular weight excluding hydrogens is 208 g/mol. The Kier molecular flexibility index (Phi) is 4.14. The van der Waals surface area contributed by atoms with Crippen LogP contribution in [0, 0.1) is 11.3 Å². The van der Waals surface area contributed by atoms with Crippen LogP contribution in [-0.2, 0) is 0 Å². The highest BCUT2D eigenvalue weighted by Gasteiger charge is 2.37. The highest BCUT2D eigenvalue weighted by molar-refractivity contribution is 4.92. The van der Waals surface area contributed by atoms with Crippen LogP contribution < -0.4 is 5.32 Å². The van der Waals surface area contributed by atoms with Gasteiger partial charge in [0, 0.05) is 31.7 Å². The second-order valence-corrected chi connectivity index (χ2v) is 6.84. The van der Waals surface area contributed by atoms with E-state index in [2.05, 4.69) is 37.9 Å². The molecule has 2 fully saturated rings. The Bertz CT molecular complexity index is 247. The Morgan fingerprint density at radius 3 is 2.65 bits per heavy atom. The first-order valence-corrected chi connectivity index (χ1v) is 7.51. The fourth-order valence-corrected chi connectivity index (χ4v) is 3.26. The van der Waals surface area contributed by atoms with Gasteiger partial charge < -0.3 is 5.32 Å². The normalized spacial score (nSPS) is 35.3. The monoisotopic (exact) mass is 238 g/mol. The first-order valence-electron chi connectivity index (χ1n) is 7.51. The van der Waals surface area contributed by atoms with E-state index in [0.717, 1.165) is 5.92 Å². The van der Waals surface area contributed by atoms with E-state index in [0.29, 0.717) is 17.5 Å². The third-order valence-electron chi connectivity index (χ3n) is 5.21. The lowest BCUT2D eigenvalue weighted by Crippen LogP contribution is -2.59. The minimum atomic E-state index is 0.631. The van der Waals surface area contributed by atoms with Gasteiger partial charge in [0.1, 0.15) is 0 Å². The van der Waals surface area contributed by atoms with Crippen LogP contribution in [0.3, 0.4) is 0 Å². The molecule has 0 bridgehead atoms. The Hall–Kier alpha value is -0.0800. The van der Waals surface area contributed by atoms with E-state index in [1.807, 2.05) is 0 Å². The van der Waals surface area contributed by atoms with Gasteiger partial charge >= 0.3 is 0 Å². The maximum atomic E-state index is 3.73. The van der Waals surface area contributed by atoms with Crippen molar-refractivity contribution in [3.05, 3.63) is 0 Å². The van der Waals surface area contributed by atoms with E-state index in [1.165, 1.54) is 45.3 Å². The van der Waals surface area contributed by atoms with Gasteiger partial charge in [0.25, 0.3) is 0 Å². The average Bonchev–Trinajstić information content (AvgIpc) is 2.29. The summed E-state index contributed by atoms with van der Waals surface area (Å²) in [6, 6.07) is 1.42. The molecule has 3 atom stereocenters. The van der Waals surface area contributed by atoms with E-state index < -0.39 is 0 Å². The van der Waals surface area contributed by atoms with Crippen LogP contribution in [0.5, 0.6) is 0 Å². The van der Waals surface area contributed by atoms with Crippen molar-refractivity contribution in [1.29, 1.82) is 0 Å². The lowest BCUT2D eigenvalue weighted by Gasteiger charge is -2.48. The summed E-state index contributed by atoms with van der Waals surface area (Å²) in [5.41, 5.74) is 0.631. The molecule has 2 nitrogen and oxygen atoms in total. The number of nitrogens with one attached hydrogen (secondary N) is 1. The summed E-state index contributed by atoms with van der Waals surface area (Å²) >= 11 is 0. The van der Waals surface area contributed by atoms with Gasteiger partial charge in [0.2, 0.25) is 0 Å². The van der Waals surface area contributed by atoms with Crippen LogP contribution in [-0.4, -0.2) is 36.6 Å². The van der Waals surface area contributed by atoms with Gasteiger partial charge in [-0.2, -0.15) is 0 Å². The number of hydrogen-bond donors (Lipinski definition) is 1. The van der Waals surface area contributed by atoms with Crippen molar-refractivity contribution < 1.29 is 0 Å². The number of nitrogens with zero attached hydrogens (tertiary/aromatic N) is 1. The Morgan fingerprint density at radius 1 is 1.41 bits per heavy atom. The highest BCUT2D eigenvalue weighted by atomic mass is 15.2. The smallest absolute Gasteiger partial charge is 0.0221 e. The molecule has 0 aromatic carbocycles. The van der Waals surface area contributed by atoms with Crippen LogP contribution >= 0.6 is 0 Å². The maximum absolute atomic E-state index is 3.73. The molecule has 100 valence electrons. The number of hydrogen-bond acceptors (Lipinski definition) is 2. The summed E-state index contributed by atoms with van der Waals surface area (Å²) in [5.74, 6) is 0.805. The van der Waals surface area contributed by atoms with Gasteiger partial charge in [0.05, 0.1) is 0 Å². The fraction of sp³-hybridized carbons (Fsp3) is 1.00. The molecule has 1 aliphatic carbocycles. The summed E-state index contributed by atoms with van der Waals surface area (Å²) in [5, 5.41) is 3.73. The summed E-state index contributed by atoms with van der Waals surface area (Å²) in [7, 11) is 0. The molecule has 1 N–H and O–H groups in total. The molecule has 0 aromatic heterocycles. The van der Waals surface area contributed by atoms with Gasteiger partial charge in [-0.05, 0) is 31.1 Å². The first kappa shape index (κ1) is 13.4. The second kappa shape index (κ2) is 5.27. The molecule has 1 aliphatic heterocycles. The molecule has 0 aromatic rings. The SMILES string of the molecule is CCC(C)C1CN(CC2(C)CCC2)C(C)CN1. The van der Waals surface area contributed by atoms with Gasteiger partial charge in [-0.3, -0.25) is 4.90 Å². The number of rotatable bonds is 4. The average molecular weight is 238 g/mol. The van der Waals surface area contributed by atoms with Crippen molar-refractivity contribution in [2.24, 2.45) is 11.3 Å². The minimum Gasteiger partial charge on any atom is -0.311 e. The molecule has 0 amide bonds. The van der Waals surface area contributed by atoms with Gasteiger partial charge in [-0.1, -0.05) is 33.6 Å². The predicted molar refractivity (Wildman–Crippen MR) is 74.2 cm³/mol. The van der Waals surface area contributed by atoms with Crippen LogP contribution in [0.4, 0.5) is 0 Å². The van der Waals surface area contributed by atoms with Crippen molar-refractivity contribution >= 4 is 0 Å². The Morgan fingerprint density at radius 2 is 2.12 bits per heavy atom. The van der Waals surface area contributed by atoms with E-state index >= 15 is 0 Å². The molecule has 3 unspecified atom stereocenters. The first-order chi connectivity index (χ1) is 8.04. The minimum absolute atomic E-state index is 0.631. The molecule has 1 saturated carbocycles. The Labute approximate surface area is 107 Å². The zero-order valence-electron chi connectivity index (χ0n) is 12.1. The summed E-state index contributed by atoms with van der Waals surface area (Å²) in [4.78, 5) is 2.74.